The summed E-state index contributed by atoms with van der Waals surface area (Å²) in [7, 11) is 1.23. The molecule has 0 amide bonds. The van der Waals surface area contributed by atoms with Gasteiger partial charge in [-0.1, -0.05) is 28.1 Å². The van der Waals surface area contributed by atoms with Crippen LogP contribution >= 0.6 is 15.9 Å². The van der Waals surface area contributed by atoms with Crippen LogP contribution in [-0.4, -0.2) is 13.1 Å². The number of hydrogen-bond acceptors (Lipinski definition) is 3. The molecule has 2 aromatic carbocycles. The summed E-state index contributed by atoms with van der Waals surface area (Å²) in [6.45, 7) is 1.99. The van der Waals surface area contributed by atoms with E-state index in [9.17, 15) is 9.18 Å². The number of anilines is 1. The summed E-state index contributed by atoms with van der Waals surface area (Å²) in [5, 5.41) is 3.24. The monoisotopic (exact) mass is 351 g/mol. The van der Waals surface area contributed by atoms with Crippen molar-refractivity contribution in [1.29, 1.82) is 0 Å². The average molecular weight is 352 g/mol. The fraction of sp³-hybridized carbons (Fsp3) is 0.188. The molecule has 0 aliphatic heterocycles. The molecule has 0 aliphatic rings. The molecule has 0 aliphatic carbocycles. The van der Waals surface area contributed by atoms with E-state index in [0.29, 0.717) is 5.69 Å². The Kier molecular flexibility index (Phi) is 4.96. The van der Waals surface area contributed by atoms with Gasteiger partial charge >= 0.3 is 5.97 Å². The summed E-state index contributed by atoms with van der Waals surface area (Å²) >= 11 is 3.43. The number of nitrogens with one attached hydrogen (secondary N) is 1. The van der Waals surface area contributed by atoms with Crippen LogP contribution in [0.5, 0.6) is 0 Å². The SMILES string of the molecule is COC(=O)c1cc(NC(C)c2cccc(Br)c2)ccc1F. The second-order valence-corrected chi connectivity index (χ2v) is 5.52. The van der Waals surface area contributed by atoms with Gasteiger partial charge in [0.2, 0.25) is 0 Å². The van der Waals surface area contributed by atoms with Crippen molar-refractivity contribution in [3.05, 3.63) is 63.9 Å². The Bertz CT molecular complexity index is 660. The van der Waals surface area contributed by atoms with Gasteiger partial charge in [0.1, 0.15) is 5.82 Å². The normalized spacial score (nSPS) is 11.8. The largest absolute Gasteiger partial charge is 0.465 e. The first-order chi connectivity index (χ1) is 10.0. The highest BCUT2D eigenvalue weighted by Crippen LogP contribution is 2.23. The van der Waals surface area contributed by atoms with Crippen molar-refractivity contribution in [2.24, 2.45) is 0 Å². The maximum atomic E-state index is 13.6. The van der Waals surface area contributed by atoms with E-state index in [1.54, 1.807) is 6.07 Å². The average Bonchev–Trinajstić information content (AvgIpc) is 2.48. The van der Waals surface area contributed by atoms with Crippen molar-refractivity contribution < 1.29 is 13.9 Å². The molecule has 0 saturated carbocycles. The molecule has 2 aromatic rings. The Morgan fingerprint density at radius 1 is 1.29 bits per heavy atom. The molecule has 0 aromatic heterocycles. The van der Waals surface area contributed by atoms with Crippen molar-refractivity contribution in [3.8, 4) is 0 Å². The summed E-state index contributed by atoms with van der Waals surface area (Å²) in [4.78, 5) is 11.5. The second-order valence-electron chi connectivity index (χ2n) is 4.61. The lowest BCUT2D eigenvalue weighted by atomic mass is 10.1. The summed E-state index contributed by atoms with van der Waals surface area (Å²) in [6.07, 6.45) is 0. The molecule has 5 heteroatoms. The van der Waals surface area contributed by atoms with Crippen molar-refractivity contribution in [2.45, 2.75) is 13.0 Å². The van der Waals surface area contributed by atoms with Gasteiger partial charge in [-0.3, -0.25) is 0 Å². The van der Waals surface area contributed by atoms with Crippen LogP contribution in [0.25, 0.3) is 0 Å². The van der Waals surface area contributed by atoms with Gasteiger partial charge in [-0.15, -0.1) is 0 Å². The van der Waals surface area contributed by atoms with Crippen LogP contribution in [0.3, 0.4) is 0 Å². The number of ether oxygens (including phenoxy) is 1. The third-order valence-electron chi connectivity index (χ3n) is 3.10. The van der Waals surface area contributed by atoms with E-state index in [-0.39, 0.29) is 11.6 Å². The molecule has 21 heavy (non-hydrogen) atoms. The quantitative estimate of drug-likeness (QED) is 0.821. The molecule has 2 rings (SSSR count). The topological polar surface area (TPSA) is 38.3 Å². The highest BCUT2D eigenvalue weighted by Gasteiger charge is 2.14. The molecule has 3 nitrogen and oxygen atoms in total. The smallest absolute Gasteiger partial charge is 0.340 e. The van der Waals surface area contributed by atoms with Gasteiger partial charge in [-0.05, 0) is 42.8 Å². The lowest BCUT2D eigenvalue weighted by molar-refractivity contribution is 0.0595. The zero-order valence-electron chi connectivity index (χ0n) is 11.7. The maximum Gasteiger partial charge on any atom is 0.340 e. The third-order valence-corrected chi connectivity index (χ3v) is 3.60. The first-order valence-electron chi connectivity index (χ1n) is 6.41. The number of carbonyl (C=O) groups excluding carboxylic acids is 1. The first-order valence-corrected chi connectivity index (χ1v) is 7.20. The van der Waals surface area contributed by atoms with Crippen molar-refractivity contribution >= 4 is 27.6 Å². The molecule has 0 heterocycles. The number of methoxy groups -OCH3 is 1. The van der Waals surface area contributed by atoms with Gasteiger partial charge in [0, 0.05) is 16.2 Å². The van der Waals surface area contributed by atoms with Gasteiger partial charge in [-0.25, -0.2) is 9.18 Å². The number of hydrogen-bond donors (Lipinski definition) is 1. The van der Waals surface area contributed by atoms with E-state index in [1.165, 1.54) is 19.2 Å². The van der Waals surface area contributed by atoms with Crippen LogP contribution in [0.4, 0.5) is 10.1 Å². The van der Waals surface area contributed by atoms with Gasteiger partial charge in [-0.2, -0.15) is 0 Å². The van der Waals surface area contributed by atoms with Crippen LogP contribution in [0.2, 0.25) is 0 Å². The lowest BCUT2D eigenvalue weighted by Gasteiger charge is -2.16. The van der Waals surface area contributed by atoms with Gasteiger partial charge in [0.15, 0.2) is 0 Å². The minimum atomic E-state index is -0.689. The molecule has 110 valence electrons. The maximum absolute atomic E-state index is 13.6. The van der Waals surface area contributed by atoms with Gasteiger partial charge < -0.3 is 10.1 Å². The predicted octanol–water partition coefficient (Wildman–Crippen LogP) is 4.55. The highest BCUT2D eigenvalue weighted by atomic mass is 79.9. The fourth-order valence-electron chi connectivity index (χ4n) is 1.99. The molecular weight excluding hydrogens is 337 g/mol. The molecule has 1 unspecified atom stereocenters. The molecule has 0 fully saturated rings. The van der Waals surface area contributed by atoms with E-state index >= 15 is 0 Å². The predicted molar refractivity (Wildman–Crippen MR) is 83.9 cm³/mol. The molecule has 0 bridgehead atoms. The Hall–Kier alpha value is -1.88. The summed E-state index contributed by atoms with van der Waals surface area (Å²) in [5.41, 5.74) is 1.65. The molecule has 0 spiro atoms. The number of halogens is 2. The van der Waals surface area contributed by atoms with Crippen molar-refractivity contribution in [2.75, 3.05) is 12.4 Å². The molecule has 1 N–H and O–H groups in total. The van der Waals surface area contributed by atoms with E-state index in [1.807, 2.05) is 31.2 Å². The first kappa shape index (κ1) is 15.5. The second kappa shape index (κ2) is 6.72. The Morgan fingerprint density at radius 3 is 2.71 bits per heavy atom. The van der Waals surface area contributed by atoms with Crippen LogP contribution < -0.4 is 5.32 Å². The Balaban J connectivity index is 2.21. The van der Waals surface area contributed by atoms with Crippen LogP contribution in [-0.2, 0) is 4.74 Å². The number of benzene rings is 2. The van der Waals surface area contributed by atoms with Gasteiger partial charge in [0.05, 0.1) is 12.7 Å². The van der Waals surface area contributed by atoms with Crippen molar-refractivity contribution in [1.82, 2.24) is 0 Å². The lowest BCUT2D eigenvalue weighted by Crippen LogP contribution is -2.09. The van der Waals surface area contributed by atoms with E-state index in [4.69, 9.17) is 0 Å². The minimum Gasteiger partial charge on any atom is -0.465 e. The zero-order valence-corrected chi connectivity index (χ0v) is 13.3. The van der Waals surface area contributed by atoms with Gasteiger partial charge in [0.25, 0.3) is 0 Å². The van der Waals surface area contributed by atoms with Crippen LogP contribution in [0, 0.1) is 5.82 Å². The van der Waals surface area contributed by atoms with E-state index < -0.39 is 11.8 Å². The standard InChI is InChI=1S/C16H15BrFNO2/c1-10(11-4-3-5-12(17)8-11)19-13-6-7-15(18)14(9-13)16(20)21-2/h3-10,19H,1-2H3. The Labute approximate surface area is 131 Å². The van der Waals surface area contributed by atoms with E-state index in [2.05, 4.69) is 26.0 Å². The summed E-state index contributed by atoms with van der Waals surface area (Å²) < 4.78 is 19.1. The molecule has 0 saturated heterocycles. The highest BCUT2D eigenvalue weighted by molar-refractivity contribution is 9.10. The van der Waals surface area contributed by atoms with Crippen LogP contribution in [0.15, 0.2) is 46.9 Å². The Morgan fingerprint density at radius 2 is 2.05 bits per heavy atom. The zero-order chi connectivity index (χ0) is 15.4. The number of carbonyl (C=O) groups is 1. The number of rotatable bonds is 4. The minimum absolute atomic E-state index is 0.0125. The van der Waals surface area contributed by atoms with Crippen LogP contribution in [0.1, 0.15) is 28.9 Å². The molecular formula is C16H15BrFNO2. The third kappa shape index (κ3) is 3.82. The molecule has 0 radical (unpaired) electrons. The molecule has 1 atom stereocenters. The summed E-state index contributed by atoms with van der Waals surface area (Å²) in [5.74, 6) is -1.28. The fourth-order valence-corrected chi connectivity index (χ4v) is 2.41. The van der Waals surface area contributed by atoms with E-state index in [0.717, 1.165) is 10.0 Å². The van der Waals surface area contributed by atoms with Crippen molar-refractivity contribution in [3.63, 3.8) is 0 Å². The number of esters is 1. The summed E-state index contributed by atoms with van der Waals surface area (Å²) in [6, 6.07) is 12.2.